The third-order valence-electron chi connectivity index (χ3n) is 3.13. The Labute approximate surface area is 134 Å². The highest BCUT2D eigenvalue weighted by Gasteiger charge is 2.03. The quantitative estimate of drug-likeness (QED) is 0.476. The Hall–Kier alpha value is -1.32. The zero-order valence-electron chi connectivity index (χ0n) is 10.6. The molecule has 0 N–H and O–H groups in total. The first-order valence-electron chi connectivity index (χ1n) is 6.27. The lowest BCUT2D eigenvalue weighted by Gasteiger charge is -2.09. The largest absolute Gasteiger partial charge is 0.457 e. The Morgan fingerprint density at radius 1 is 0.800 bits per heavy atom. The van der Waals surface area contributed by atoms with Crippen LogP contribution in [0.1, 0.15) is 5.56 Å². The molecule has 100 valence electrons. The molecule has 1 nitrogen and oxygen atoms in total. The predicted molar refractivity (Wildman–Crippen MR) is 90.8 cm³/mol. The van der Waals surface area contributed by atoms with E-state index in [1.165, 1.54) is 16.3 Å². The van der Waals surface area contributed by atoms with Crippen molar-refractivity contribution in [2.45, 2.75) is 5.33 Å². The van der Waals surface area contributed by atoms with E-state index < -0.39 is 0 Å². The van der Waals surface area contributed by atoms with E-state index in [0.717, 1.165) is 21.3 Å². The van der Waals surface area contributed by atoms with Crippen molar-refractivity contribution in [3.8, 4) is 11.5 Å². The van der Waals surface area contributed by atoms with E-state index in [9.17, 15) is 0 Å². The predicted octanol–water partition coefficient (Wildman–Crippen LogP) is 6.29. The average molecular weight is 392 g/mol. The molecule has 0 saturated carbocycles. The minimum absolute atomic E-state index is 0.823. The number of halogens is 2. The Morgan fingerprint density at radius 3 is 2.25 bits per heavy atom. The molecule has 3 rings (SSSR count). The first-order valence-corrected chi connectivity index (χ1v) is 8.19. The summed E-state index contributed by atoms with van der Waals surface area (Å²) in [6.07, 6.45) is 0. The number of hydrogen-bond acceptors (Lipinski definition) is 1. The molecule has 0 radical (unpaired) electrons. The molecule has 3 aromatic rings. The summed E-state index contributed by atoms with van der Waals surface area (Å²) >= 11 is 7.01. The summed E-state index contributed by atoms with van der Waals surface area (Å²) in [6, 6.07) is 20.4. The van der Waals surface area contributed by atoms with Gasteiger partial charge >= 0.3 is 0 Å². The molecular weight excluding hydrogens is 380 g/mol. The van der Waals surface area contributed by atoms with Crippen LogP contribution in [0.15, 0.2) is 65.1 Å². The van der Waals surface area contributed by atoms with Crippen LogP contribution in [0.25, 0.3) is 10.8 Å². The van der Waals surface area contributed by atoms with Gasteiger partial charge in [0.15, 0.2) is 0 Å². The summed E-state index contributed by atoms with van der Waals surface area (Å²) in [5.41, 5.74) is 1.20. The Balaban J connectivity index is 1.90. The Morgan fingerprint density at radius 2 is 1.50 bits per heavy atom. The second-order valence-electron chi connectivity index (χ2n) is 4.50. The van der Waals surface area contributed by atoms with Crippen LogP contribution < -0.4 is 4.74 Å². The molecule has 0 atom stereocenters. The molecule has 0 aliphatic carbocycles. The summed E-state index contributed by atoms with van der Waals surface area (Å²) in [5.74, 6) is 1.68. The highest BCUT2D eigenvalue weighted by Crippen LogP contribution is 2.29. The van der Waals surface area contributed by atoms with Gasteiger partial charge < -0.3 is 4.74 Å². The molecule has 3 heteroatoms. The van der Waals surface area contributed by atoms with Crippen LogP contribution in [-0.2, 0) is 5.33 Å². The molecular formula is C17H12Br2O. The smallest absolute Gasteiger partial charge is 0.128 e. The Kier molecular flexibility index (Phi) is 4.08. The monoisotopic (exact) mass is 390 g/mol. The Bertz CT molecular complexity index is 753. The summed E-state index contributed by atoms with van der Waals surface area (Å²) in [7, 11) is 0. The van der Waals surface area contributed by atoms with E-state index in [1.54, 1.807) is 0 Å². The van der Waals surface area contributed by atoms with Crippen molar-refractivity contribution in [3.63, 3.8) is 0 Å². The van der Waals surface area contributed by atoms with Crippen LogP contribution in [-0.4, -0.2) is 0 Å². The van der Waals surface area contributed by atoms with Gasteiger partial charge in [0.2, 0.25) is 0 Å². The van der Waals surface area contributed by atoms with Gasteiger partial charge in [0.1, 0.15) is 11.5 Å². The first-order chi connectivity index (χ1) is 9.76. The van der Waals surface area contributed by atoms with Crippen molar-refractivity contribution in [3.05, 3.63) is 70.7 Å². The van der Waals surface area contributed by atoms with Crippen LogP contribution in [0.5, 0.6) is 11.5 Å². The zero-order valence-corrected chi connectivity index (χ0v) is 13.8. The lowest BCUT2D eigenvalue weighted by molar-refractivity contribution is 0.483. The van der Waals surface area contributed by atoms with Crippen molar-refractivity contribution in [1.82, 2.24) is 0 Å². The minimum Gasteiger partial charge on any atom is -0.457 e. The van der Waals surface area contributed by atoms with Crippen molar-refractivity contribution < 1.29 is 4.74 Å². The SMILES string of the molecule is BrCc1ccc(Oc2ccc3ccccc3c2)cc1Br. The van der Waals surface area contributed by atoms with Crippen molar-refractivity contribution in [2.75, 3.05) is 0 Å². The maximum atomic E-state index is 5.92. The van der Waals surface area contributed by atoms with Crippen molar-refractivity contribution in [1.29, 1.82) is 0 Å². The van der Waals surface area contributed by atoms with E-state index in [1.807, 2.05) is 30.3 Å². The second kappa shape index (κ2) is 5.98. The van der Waals surface area contributed by atoms with Gasteiger partial charge in [-0.05, 0) is 40.6 Å². The number of rotatable bonds is 3. The molecule has 0 unspecified atom stereocenters. The fourth-order valence-corrected chi connectivity index (χ4v) is 3.43. The van der Waals surface area contributed by atoms with E-state index in [2.05, 4.69) is 62.2 Å². The topological polar surface area (TPSA) is 9.23 Å². The molecule has 0 aliphatic heterocycles. The van der Waals surface area contributed by atoms with Gasteiger partial charge in [0, 0.05) is 9.80 Å². The third kappa shape index (κ3) is 2.89. The zero-order chi connectivity index (χ0) is 13.9. The van der Waals surface area contributed by atoms with Crippen LogP contribution in [0.3, 0.4) is 0 Å². The normalized spacial score (nSPS) is 10.7. The molecule has 0 heterocycles. The van der Waals surface area contributed by atoms with E-state index in [4.69, 9.17) is 4.74 Å². The van der Waals surface area contributed by atoms with E-state index >= 15 is 0 Å². The molecule has 0 fully saturated rings. The highest BCUT2D eigenvalue weighted by molar-refractivity contribution is 9.10. The van der Waals surface area contributed by atoms with E-state index in [-0.39, 0.29) is 0 Å². The van der Waals surface area contributed by atoms with Gasteiger partial charge in [-0.25, -0.2) is 0 Å². The number of alkyl halides is 1. The summed E-state index contributed by atoms with van der Waals surface area (Å²) in [4.78, 5) is 0. The number of hydrogen-bond donors (Lipinski definition) is 0. The lowest BCUT2D eigenvalue weighted by Crippen LogP contribution is -1.86. The standard InChI is InChI=1S/C17H12Br2O/c18-11-14-6-8-16(10-17(14)19)20-15-7-5-12-3-1-2-4-13(12)9-15/h1-10H,11H2. The van der Waals surface area contributed by atoms with Crippen LogP contribution >= 0.6 is 31.9 Å². The molecule has 3 aromatic carbocycles. The van der Waals surface area contributed by atoms with Crippen LogP contribution in [0.4, 0.5) is 0 Å². The minimum atomic E-state index is 0.823. The molecule has 0 spiro atoms. The average Bonchev–Trinajstić information content (AvgIpc) is 2.47. The number of fused-ring (bicyclic) bond motifs is 1. The summed E-state index contributed by atoms with van der Waals surface area (Å²) in [5, 5.41) is 3.22. The molecule has 0 aromatic heterocycles. The number of benzene rings is 3. The van der Waals surface area contributed by atoms with Crippen LogP contribution in [0.2, 0.25) is 0 Å². The molecule has 0 amide bonds. The summed E-state index contributed by atoms with van der Waals surface area (Å²) < 4.78 is 6.97. The maximum absolute atomic E-state index is 5.92. The van der Waals surface area contributed by atoms with Crippen molar-refractivity contribution >= 4 is 42.6 Å². The van der Waals surface area contributed by atoms with Gasteiger partial charge in [-0.15, -0.1) is 0 Å². The van der Waals surface area contributed by atoms with Gasteiger partial charge in [-0.1, -0.05) is 68.3 Å². The highest BCUT2D eigenvalue weighted by atomic mass is 79.9. The van der Waals surface area contributed by atoms with Gasteiger partial charge in [0.25, 0.3) is 0 Å². The van der Waals surface area contributed by atoms with Gasteiger partial charge in [-0.2, -0.15) is 0 Å². The van der Waals surface area contributed by atoms with Gasteiger partial charge in [0.05, 0.1) is 0 Å². The van der Waals surface area contributed by atoms with Crippen molar-refractivity contribution in [2.24, 2.45) is 0 Å². The fraction of sp³-hybridized carbons (Fsp3) is 0.0588. The number of ether oxygens (including phenoxy) is 1. The summed E-state index contributed by atoms with van der Waals surface area (Å²) in [6.45, 7) is 0. The maximum Gasteiger partial charge on any atom is 0.128 e. The van der Waals surface area contributed by atoms with Crippen LogP contribution in [0, 0.1) is 0 Å². The molecule has 20 heavy (non-hydrogen) atoms. The van der Waals surface area contributed by atoms with Gasteiger partial charge in [-0.3, -0.25) is 0 Å². The fourth-order valence-electron chi connectivity index (χ4n) is 2.07. The lowest BCUT2D eigenvalue weighted by atomic mass is 10.1. The molecule has 0 bridgehead atoms. The second-order valence-corrected chi connectivity index (χ2v) is 5.91. The first kappa shape index (κ1) is 13.7. The van der Waals surface area contributed by atoms with E-state index in [0.29, 0.717) is 0 Å². The third-order valence-corrected chi connectivity index (χ3v) is 4.47. The molecule has 0 aliphatic rings. The molecule has 0 saturated heterocycles.